The lowest BCUT2D eigenvalue weighted by Gasteiger charge is -2.13. The van der Waals surface area contributed by atoms with Crippen molar-refractivity contribution in [1.29, 1.82) is 0 Å². The Morgan fingerprint density at radius 1 is 1.31 bits per heavy atom. The van der Waals surface area contributed by atoms with Crippen LogP contribution in [-0.4, -0.2) is 10.8 Å². The molecule has 68 valence electrons. The number of nitrogens with zero attached hydrogens (tertiary/aromatic N) is 1. The molecule has 0 aliphatic carbocycles. The van der Waals surface area contributed by atoms with Crippen LogP contribution in [-0.2, 0) is 6.54 Å². The summed E-state index contributed by atoms with van der Waals surface area (Å²) in [6, 6.07) is 10.6. The normalized spacial score (nSPS) is 16.1. The summed E-state index contributed by atoms with van der Waals surface area (Å²) in [5.41, 5.74) is 1.38. The van der Waals surface area contributed by atoms with E-state index in [0.717, 1.165) is 12.4 Å². The van der Waals surface area contributed by atoms with Crippen LogP contribution in [0.2, 0.25) is 0 Å². The van der Waals surface area contributed by atoms with Crippen molar-refractivity contribution in [2.24, 2.45) is 0 Å². The molecule has 1 aliphatic heterocycles. The largest absolute Gasteiger partial charge is 0.363 e. The van der Waals surface area contributed by atoms with Crippen molar-refractivity contribution >= 4 is 11.8 Å². The van der Waals surface area contributed by atoms with Crippen LogP contribution in [0.4, 0.5) is 0 Å². The van der Waals surface area contributed by atoms with Crippen molar-refractivity contribution in [3.8, 4) is 0 Å². The van der Waals surface area contributed by atoms with Crippen LogP contribution in [0.25, 0.3) is 0 Å². The summed E-state index contributed by atoms with van der Waals surface area (Å²) in [7, 11) is 0. The molecule has 0 unspecified atom stereocenters. The van der Waals surface area contributed by atoms with Crippen LogP contribution < -0.4 is 0 Å². The molecule has 0 fully saturated rings. The molecule has 1 aromatic carbocycles. The number of rotatable bonds is 2. The van der Waals surface area contributed by atoms with Crippen molar-refractivity contribution in [2.45, 2.75) is 13.5 Å². The predicted octanol–water partition coefficient (Wildman–Crippen LogP) is 3.05. The van der Waals surface area contributed by atoms with E-state index in [2.05, 4.69) is 48.4 Å². The summed E-state index contributed by atoms with van der Waals surface area (Å²) >= 11 is 1.91. The summed E-state index contributed by atoms with van der Waals surface area (Å²) in [4.78, 5) is 3.76. The maximum absolute atomic E-state index is 2.34. The lowest BCUT2D eigenvalue weighted by Crippen LogP contribution is -2.11. The molecule has 0 amide bonds. The Labute approximate surface area is 83.4 Å². The fourth-order valence-corrected chi connectivity index (χ4v) is 2.18. The van der Waals surface area contributed by atoms with Gasteiger partial charge in [0.25, 0.3) is 0 Å². The molecule has 1 aliphatic rings. The molecule has 0 bridgehead atoms. The molecule has 1 aromatic rings. The van der Waals surface area contributed by atoms with E-state index in [1.54, 1.807) is 0 Å². The Kier molecular flexibility index (Phi) is 2.60. The molecule has 0 radical (unpaired) electrons. The third kappa shape index (κ3) is 2.28. The third-order valence-corrected chi connectivity index (χ3v) is 3.07. The van der Waals surface area contributed by atoms with Gasteiger partial charge < -0.3 is 4.90 Å². The number of hydrogen-bond acceptors (Lipinski definition) is 2. The number of hydrogen-bond donors (Lipinski definition) is 0. The Hall–Kier alpha value is -0.890. The predicted molar refractivity (Wildman–Crippen MR) is 58.2 cm³/mol. The zero-order valence-electron chi connectivity index (χ0n) is 7.73. The van der Waals surface area contributed by atoms with Gasteiger partial charge in [0.15, 0.2) is 0 Å². The van der Waals surface area contributed by atoms with E-state index in [-0.39, 0.29) is 0 Å². The summed E-state index contributed by atoms with van der Waals surface area (Å²) in [5, 5.41) is 0. The topological polar surface area (TPSA) is 3.24 Å². The summed E-state index contributed by atoms with van der Waals surface area (Å²) in [6.07, 6.45) is 2.23. The first-order valence-corrected chi connectivity index (χ1v) is 5.42. The lowest BCUT2D eigenvalue weighted by molar-refractivity contribution is 0.440. The highest BCUT2D eigenvalue weighted by atomic mass is 32.2. The van der Waals surface area contributed by atoms with E-state index < -0.39 is 0 Å². The summed E-state index contributed by atoms with van der Waals surface area (Å²) in [5.74, 6) is 1.10. The van der Waals surface area contributed by atoms with Gasteiger partial charge in [-0.2, -0.15) is 0 Å². The van der Waals surface area contributed by atoms with E-state index in [9.17, 15) is 0 Å². The maximum atomic E-state index is 2.34. The van der Waals surface area contributed by atoms with E-state index in [0.29, 0.717) is 0 Å². The second kappa shape index (κ2) is 3.88. The molecular formula is C11H13NS. The molecule has 2 rings (SSSR count). The maximum Gasteiger partial charge on any atom is 0.0681 e. The van der Waals surface area contributed by atoms with Gasteiger partial charge in [0.1, 0.15) is 0 Å². The van der Waals surface area contributed by atoms with Gasteiger partial charge in [-0.15, -0.1) is 11.8 Å². The Morgan fingerprint density at radius 3 is 2.69 bits per heavy atom. The Bertz CT molecular complexity index is 305. The molecule has 0 aromatic heterocycles. The minimum Gasteiger partial charge on any atom is -0.363 e. The summed E-state index contributed by atoms with van der Waals surface area (Å²) in [6.45, 7) is 3.20. The SMILES string of the molecule is CC1=CN(Cc2ccccc2)CS1. The van der Waals surface area contributed by atoms with Crippen LogP contribution in [0.15, 0.2) is 41.4 Å². The van der Waals surface area contributed by atoms with Crippen LogP contribution in [0, 0.1) is 0 Å². The molecule has 0 saturated carbocycles. The van der Waals surface area contributed by atoms with Crippen molar-refractivity contribution in [2.75, 3.05) is 5.88 Å². The van der Waals surface area contributed by atoms with E-state index in [4.69, 9.17) is 0 Å². The van der Waals surface area contributed by atoms with Crippen molar-refractivity contribution < 1.29 is 0 Å². The average molecular weight is 191 g/mol. The van der Waals surface area contributed by atoms with Gasteiger partial charge in [-0.3, -0.25) is 0 Å². The molecule has 13 heavy (non-hydrogen) atoms. The Balaban J connectivity index is 2.00. The lowest BCUT2D eigenvalue weighted by atomic mass is 10.2. The number of allylic oxidation sites excluding steroid dienone is 1. The van der Waals surface area contributed by atoms with E-state index in [1.807, 2.05) is 11.8 Å². The van der Waals surface area contributed by atoms with Crippen LogP contribution in [0.5, 0.6) is 0 Å². The van der Waals surface area contributed by atoms with Crippen molar-refractivity contribution in [3.05, 3.63) is 47.0 Å². The van der Waals surface area contributed by atoms with Gasteiger partial charge in [0, 0.05) is 12.7 Å². The number of thioether (sulfide) groups is 1. The van der Waals surface area contributed by atoms with Gasteiger partial charge in [-0.25, -0.2) is 0 Å². The molecule has 0 saturated heterocycles. The van der Waals surface area contributed by atoms with Crippen molar-refractivity contribution in [3.63, 3.8) is 0 Å². The first-order valence-electron chi connectivity index (χ1n) is 4.44. The second-order valence-electron chi connectivity index (χ2n) is 3.25. The highest BCUT2D eigenvalue weighted by Gasteiger charge is 2.08. The van der Waals surface area contributed by atoms with Crippen LogP contribution >= 0.6 is 11.8 Å². The van der Waals surface area contributed by atoms with E-state index >= 15 is 0 Å². The standard InChI is InChI=1S/C11H13NS/c1-10-7-12(9-13-10)8-11-5-3-2-4-6-11/h2-7H,8-9H2,1H3. The van der Waals surface area contributed by atoms with Gasteiger partial charge in [-0.1, -0.05) is 30.3 Å². The highest BCUT2D eigenvalue weighted by molar-refractivity contribution is 8.03. The fourth-order valence-electron chi connectivity index (χ4n) is 1.43. The van der Waals surface area contributed by atoms with Gasteiger partial charge in [0.05, 0.1) is 5.88 Å². The zero-order valence-corrected chi connectivity index (χ0v) is 8.55. The van der Waals surface area contributed by atoms with Gasteiger partial charge in [-0.05, 0) is 17.4 Å². The minimum absolute atomic E-state index is 1.03. The molecule has 0 atom stereocenters. The minimum atomic E-state index is 1.03. The first kappa shape index (κ1) is 8.70. The fraction of sp³-hybridized carbons (Fsp3) is 0.273. The quantitative estimate of drug-likeness (QED) is 0.707. The summed E-state index contributed by atoms with van der Waals surface area (Å²) < 4.78 is 0. The van der Waals surface area contributed by atoms with Gasteiger partial charge in [0.2, 0.25) is 0 Å². The van der Waals surface area contributed by atoms with Gasteiger partial charge >= 0.3 is 0 Å². The molecular weight excluding hydrogens is 178 g/mol. The Morgan fingerprint density at radius 2 is 2.08 bits per heavy atom. The molecule has 0 N–H and O–H groups in total. The highest BCUT2D eigenvalue weighted by Crippen LogP contribution is 2.25. The zero-order chi connectivity index (χ0) is 9.10. The molecule has 0 spiro atoms. The van der Waals surface area contributed by atoms with Crippen molar-refractivity contribution in [1.82, 2.24) is 4.90 Å². The smallest absolute Gasteiger partial charge is 0.0681 e. The molecule has 1 heterocycles. The van der Waals surface area contributed by atoms with E-state index in [1.165, 1.54) is 10.5 Å². The average Bonchev–Trinajstić information content (AvgIpc) is 2.53. The number of benzene rings is 1. The second-order valence-corrected chi connectivity index (χ2v) is 4.44. The van der Waals surface area contributed by atoms with Crippen LogP contribution in [0.3, 0.4) is 0 Å². The third-order valence-electron chi connectivity index (χ3n) is 2.05. The monoisotopic (exact) mass is 191 g/mol. The molecule has 1 nitrogen and oxygen atoms in total. The first-order chi connectivity index (χ1) is 6.34. The molecule has 2 heteroatoms. The van der Waals surface area contributed by atoms with Crippen LogP contribution in [0.1, 0.15) is 12.5 Å².